The molecule has 2 heterocycles. The lowest BCUT2D eigenvalue weighted by molar-refractivity contribution is -0.127. The summed E-state index contributed by atoms with van der Waals surface area (Å²) in [6.45, 7) is 5.11. The first-order valence-electron chi connectivity index (χ1n) is 8.00. The van der Waals surface area contributed by atoms with Crippen LogP contribution in [0.15, 0.2) is 34.9 Å². The van der Waals surface area contributed by atoms with E-state index in [2.05, 4.69) is 15.0 Å². The van der Waals surface area contributed by atoms with Gasteiger partial charge in [-0.3, -0.25) is 9.69 Å². The lowest BCUT2D eigenvalue weighted by Gasteiger charge is -2.19. The van der Waals surface area contributed by atoms with Crippen LogP contribution in [0.1, 0.15) is 19.2 Å². The summed E-state index contributed by atoms with van der Waals surface area (Å²) >= 11 is 0. The van der Waals surface area contributed by atoms with E-state index < -0.39 is 0 Å². The van der Waals surface area contributed by atoms with Crippen molar-refractivity contribution in [3.63, 3.8) is 0 Å². The molecule has 1 aliphatic rings. The van der Waals surface area contributed by atoms with Crippen molar-refractivity contribution in [1.29, 1.82) is 0 Å². The molecule has 1 saturated heterocycles. The molecular formula is C17H22N4O2. The van der Waals surface area contributed by atoms with Gasteiger partial charge < -0.3 is 9.42 Å². The van der Waals surface area contributed by atoms with E-state index in [4.69, 9.17) is 4.52 Å². The topological polar surface area (TPSA) is 62.5 Å². The molecular weight excluding hydrogens is 292 g/mol. The van der Waals surface area contributed by atoms with Crippen LogP contribution >= 0.6 is 0 Å². The molecule has 0 saturated carbocycles. The zero-order valence-corrected chi connectivity index (χ0v) is 13.6. The molecule has 0 radical (unpaired) electrons. The predicted molar refractivity (Wildman–Crippen MR) is 86.4 cm³/mol. The molecule has 0 spiro atoms. The fourth-order valence-electron chi connectivity index (χ4n) is 3.04. The third kappa shape index (κ3) is 3.76. The van der Waals surface area contributed by atoms with Crippen LogP contribution in [0, 0.1) is 5.92 Å². The Morgan fingerprint density at radius 1 is 1.35 bits per heavy atom. The third-order valence-electron chi connectivity index (χ3n) is 4.15. The zero-order chi connectivity index (χ0) is 16.2. The van der Waals surface area contributed by atoms with Gasteiger partial charge in [0.25, 0.3) is 0 Å². The average Bonchev–Trinajstić information content (AvgIpc) is 3.14. The Kier molecular flexibility index (Phi) is 4.71. The molecule has 0 unspecified atom stereocenters. The minimum atomic E-state index is 0.259. The van der Waals surface area contributed by atoms with Gasteiger partial charge in [-0.05, 0) is 19.9 Å². The average molecular weight is 314 g/mol. The van der Waals surface area contributed by atoms with Crippen LogP contribution in [0.5, 0.6) is 0 Å². The van der Waals surface area contributed by atoms with Crippen molar-refractivity contribution >= 4 is 5.91 Å². The highest BCUT2D eigenvalue weighted by Crippen LogP contribution is 2.19. The molecule has 23 heavy (non-hydrogen) atoms. The number of benzene rings is 1. The predicted octanol–water partition coefficient (Wildman–Crippen LogP) is 2.04. The SMILES string of the molecule is CCN1C[C@@H](CN(C)Cc2nc(-c3ccccc3)no2)CC1=O. The highest BCUT2D eigenvalue weighted by Gasteiger charge is 2.29. The molecule has 6 nitrogen and oxygen atoms in total. The largest absolute Gasteiger partial charge is 0.343 e. The summed E-state index contributed by atoms with van der Waals surface area (Å²) in [4.78, 5) is 20.3. The van der Waals surface area contributed by atoms with E-state index >= 15 is 0 Å². The molecule has 1 aromatic carbocycles. The molecule has 3 rings (SSSR count). The lowest BCUT2D eigenvalue weighted by atomic mass is 10.1. The number of hydrogen-bond donors (Lipinski definition) is 0. The maximum atomic E-state index is 11.8. The molecule has 0 bridgehead atoms. The van der Waals surface area contributed by atoms with Gasteiger partial charge in [-0.2, -0.15) is 4.98 Å². The molecule has 1 atom stereocenters. The first kappa shape index (κ1) is 15.7. The van der Waals surface area contributed by atoms with Gasteiger partial charge in [0, 0.05) is 31.6 Å². The van der Waals surface area contributed by atoms with E-state index in [0.29, 0.717) is 30.6 Å². The monoisotopic (exact) mass is 314 g/mol. The van der Waals surface area contributed by atoms with Crippen molar-refractivity contribution < 1.29 is 9.32 Å². The van der Waals surface area contributed by atoms with Crippen LogP contribution in [0.25, 0.3) is 11.4 Å². The third-order valence-corrected chi connectivity index (χ3v) is 4.15. The Morgan fingerprint density at radius 2 is 2.13 bits per heavy atom. The van der Waals surface area contributed by atoms with Crippen LogP contribution < -0.4 is 0 Å². The molecule has 1 amide bonds. The first-order chi connectivity index (χ1) is 11.2. The molecule has 6 heteroatoms. The van der Waals surface area contributed by atoms with Gasteiger partial charge in [0.2, 0.25) is 17.6 Å². The summed E-state index contributed by atoms with van der Waals surface area (Å²) in [6.07, 6.45) is 0.636. The lowest BCUT2D eigenvalue weighted by Crippen LogP contribution is -2.28. The van der Waals surface area contributed by atoms with Crippen molar-refractivity contribution in [1.82, 2.24) is 19.9 Å². The van der Waals surface area contributed by atoms with Gasteiger partial charge >= 0.3 is 0 Å². The second-order valence-corrected chi connectivity index (χ2v) is 6.08. The number of aromatic nitrogens is 2. The first-order valence-corrected chi connectivity index (χ1v) is 8.00. The summed E-state index contributed by atoms with van der Waals surface area (Å²) in [6, 6.07) is 9.78. The Labute approximate surface area is 136 Å². The Bertz CT molecular complexity index is 656. The van der Waals surface area contributed by atoms with Crippen LogP contribution in [-0.4, -0.2) is 52.5 Å². The van der Waals surface area contributed by atoms with Gasteiger partial charge in [-0.15, -0.1) is 0 Å². The maximum absolute atomic E-state index is 11.8. The van der Waals surface area contributed by atoms with Crippen molar-refractivity contribution in [2.45, 2.75) is 19.9 Å². The van der Waals surface area contributed by atoms with E-state index in [1.165, 1.54) is 0 Å². The van der Waals surface area contributed by atoms with Gasteiger partial charge in [0.15, 0.2) is 0 Å². The van der Waals surface area contributed by atoms with E-state index in [1.807, 2.05) is 49.2 Å². The van der Waals surface area contributed by atoms with Crippen molar-refractivity contribution in [3.8, 4) is 11.4 Å². The number of rotatable bonds is 6. The highest BCUT2D eigenvalue weighted by atomic mass is 16.5. The molecule has 2 aromatic rings. The number of carbonyl (C=O) groups is 1. The normalized spacial score (nSPS) is 18.1. The molecule has 122 valence electrons. The standard InChI is InChI=1S/C17H22N4O2/c1-3-21-11-13(9-16(21)22)10-20(2)12-15-18-17(19-23-15)14-7-5-4-6-8-14/h4-8,13H,3,9-12H2,1-2H3/t13-/m1/s1. The summed E-state index contributed by atoms with van der Waals surface area (Å²) in [5, 5.41) is 4.03. The number of likely N-dealkylation sites (tertiary alicyclic amines) is 1. The van der Waals surface area contributed by atoms with Crippen LogP contribution in [0.2, 0.25) is 0 Å². The van der Waals surface area contributed by atoms with E-state index in [1.54, 1.807) is 0 Å². The van der Waals surface area contributed by atoms with Crippen molar-refractivity contribution in [3.05, 3.63) is 36.2 Å². The fraction of sp³-hybridized carbons (Fsp3) is 0.471. The summed E-state index contributed by atoms with van der Waals surface area (Å²) in [5.41, 5.74) is 0.949. The summed E-state index contributed by atoms with van der Waals surface area (Å²) < 4.78 is 5.34. The van der Waals surface area contributed by atoms with Gasteiger partial charge in [-0.25, -0.2) is 0 Å². The number of amides is 1. The van der Waals surface area contributed by atoms with Crippen molar-refractivity contribution in [2.75, 3.05) is 26.7 Å². The van der Waals surface area contributed by atoms with Crippen molar-refractivity contribution in [2.24, 2.45) is 5.92 Å². The number of hydrogen-bond acceptors (Lipinski definition) is 5. The number of nitrogens with zero attached hydrogens (tertiary/aromatic N) is 4. The smallest absolute Gasteiger partial charge is 0.241 e. The summed E-state index contributed by atoms with van der Waals surface area (Å²) in [7, 11) is 2.02. The Balaban J connectivity index is 1.56. The van der Waals surface area contributed by atoms with E-state index in [9.17, 15) is 4.79 Å². The number of carbonyl (C=O) groups excluding carboxylic acids is 1. The molecule has 1 fully saturated rings. The summed E-state index contributed by atoms with van der Waals surface area (Å²) in [5.74, 6) is 1.85. The van der Waals surface area contributed by atoms with Crippen LogP contribution in [-0.2, 0) is 11.3 Å². The minimum Gasteiger partial charge on any atom is -0.343 e. The molecule has 0 aliphatic carbocycles. The van der Waals surface area contributed by atoms with Gasteiger partial charge in [-0.1, -0.05) is 35.5 Å². The maximum Gasteiger partial charge on any atom is 0.241 e. The fourth-order valence-corrected chi connectivity index (χ4v) is 3.04. The molecule has 1 aromatic heterocycles. The van der Waals surface area contributed by atoms with E-state index in [0.717, 1.165) is 25.2 Å². The van der Waals surface area contributed by atoms with E-state index in [-0.39, 0.29) is 5.91 Å². The van der Waals surface area contributed by atoms with Gasteiger partial charge in [0.1, 0.15) is 0 Å². The quantitative estimate of drug-likeness (QED) is 0.816. The minimum absolute atomic E-state index is 0.259. The Hall–Kier alpha value is -2.21. The Morgan fingerprint density at radius 3 is 2.83 bits per heavy atom. The molecule has 1 aliphatic heterocycles. The molecule has 0 N–H and O–H groups in total. The van der Waals surface area contributed by atoms with Crippen LogP contribution in [0.3, 0.4) is 0 Å². The second-order valence-electron chi connectivity index (χ2n) is 6.08. The zero-order valence-electron chi connectivity index (χ0n) is 13.6. The second kappa shape index (κ2) is 6.91. The van der Waals surface area contributed by atoms with Crippen LogP contribution in [0.4, 0.5) is 0 Å². The highest BCUT2D eigenvalue weighted by molar-refractivity contribution is 5.78. The van der Waals surface area contributed by atoms with Gasteiger partial charge in [0.05, 0.1) is 6.54 Å².